The van der Waals surface area contributed by atoms with E-state index in [0.717, 1.165) is 48.5 Å². The molecular weight excluding hydrogens is 645 g/mol. The average Bonchev–Trinajstić information content (AvgIpc) is 2.99. The van der Waals surface area contributed by atoms with E-state index in [9.17, 15) is 64.9 Å². The number of hydrogen-bond donors (Lipinski definition) is 4. The molecule has 4 aromatic rings. The molecule has 4 aromatic carbocycles. The van der Waals surface area contributed by atoms with E-state index >= 15 is 0 Å². The largest absolute Gasteiger partial charge is 0.478 e. The number of aromatic carboxylic acids is 2. The fourth-order valence-corrected chi connectivity index (χ4v) is 4.18. The summed E-state index contributed by atoms with van der Waals surface area (Å²) in [5.74, 6) is -7.98. The highest BCUT2D eigenvalue weighted by atomic mass is 19.4. The van der Waals surface area contributed by atoms with Crippen molar-refractivity contribution in [2.75, 3.05) is 10.6 Å². The third kappa shape index (κ3) is 7.61. The topological polar surface area (TPSA) is 150 Å². The van der Waals surface area contributed by atoms with E-state index in [4.69, 9.17) is 0 Å². The molecule has 0 heterocycles. The van der Waals surface area contributed by atoms with Crippen LogP contribution in [-0.4, -0.2) is 39.7 Å². The van der Waals surface area contributed by atoms with Gasteiger partial charge in [-0.3, -0.25) is 14.4 Å². The van der Waals surface area contributed by atoms with Gasteiger partial charge in [-0.2, -0.15) is 26.3 Å². The molecule has 47 heavy (non-hydrogen) atoms. The lowest BCUT2D eigenvalue weighted by Gasteiger charge is -2.13. The molecule has 0 fully saturated rings. The zero-order chi connectivity index (χ0) is 34.8. The number of carboxylic acid groups (broad SMARTS) is 2. The van der Waals surface area contributed by atoms with Gasteiger partial charge in [-0.25, -0.2) is 14.0 Å². The summed E-state index contributed by atoms with van der Waals surface area (Å²) >= 11 is 0. The number of nitrogens with one attached hydrogen (secondary N) is 2. The number of hydrogen-bond acceptors (Lipinski definition) is 5. The second kappa shape index (κ2) is 12.7. The molecule has 0 saturated carbocycles. The highest BCUT2D eigenvalue weighted by Crippen LogP contribution is 2.31. The van der Waals surface area contributed by atoms with Gasteiger partial charge in [-0.15, -0.1) is 0 Å². The zero-order valence-corrected chi connectivity index (χ0v) is 23.1. The minimum atomic E-state index is -4.89. The Kier molecular flexibility index (Phi) is 9.17. The lowest BCUT2D eigenvalue weighted by atomic mass is 9.98. The summed E-state index contributed by atoms with van der Waals surface area (Å²) in [6, 6.07) is 9.94. The standard InChI is InChI=1S/C31H17F7N2O7/c32-22-13-18(31(36,37)38)7-8-19(22)27(43)40-24-10-4-16(12-21(24)29(46)47)25(41)15-3-9-23(20(11-15)28(44)45)39-26(42)14-1-5-17(6-2-14)30(33,34)35/h1-13H,(H,39,42)(H,40,43)(H,44,45)(H,46,47). The van der Waals surface area contributed by atoms with Crippen molar-refractivity contribution in [1.29, 1.82) is 0 Å². The van der Waals surface area contributed by atoms with Gasteiger partial charge >= 0.3 is 24.3 Å². The Bertz CT molecular complexity index is 1940. The van der Waals surface area contributed by atoms with Crippen molar-refractivity contribution in [3.63, 3.8) is 0 Å². The molecule has 9 nitrogen and oxygen atoms in total. The highest BCUT2D eigenvalue weighted by Gasteiger charge is 2.32. The van der Waals surface area contributed by atoms with Gasteiger partial charge in [0.2, 0.25) is 0 Å². The Morgan fingerprint density at radius 2 is 0.936 bits per heavy atom. The lowest BCUT2D eigenvalue weighted by molar-refractivity contribution is -0.138. The number of carbonyl (C=O) groups excluding carboxylic acids is 3. The van der Waals surface area contributed by atoms with Crippen LogP contribution in [0, 0.1) is 5.82 Å². The number of benzene rings is 4. The predicted molar refractivity (Wildman–Crippen MR) is 149 cm³/mol. The van der Waals surface area contributed by atoms with Crippen molar-refractivity contribution >= 4 is 40.9 Å². The van der Waals surface area contributed by atoms with Crippen molar-refractivity contribution in [2.45, 2.75) is 12.4 Å². The van der Waals surface area contributed by atoms with E-state index in [0.29, 0.717) is 24.3 Å². The Morgan fingerprint density at radius 3 is 1.36 bits per heavy atom. The first kappa shape index (κ1) is 33.8. The number of rotatable bonds is 8. The van der Waals surface area contributed by atoms with Crippen LogP contribution in [0.25, 0.3) is 0 Å². The highest BCUT2D eigenvalue weighted by molar-refractivity contribution is 6.14. The third-order valence-corrected chi connectivity index (χ3v) is 6.54. The van der Waals surface area contributed by atoms with Crippen molar-refractivity contribution < 1.29 is 64.9 Å². The number of carbonyl (C=O) groups is 5. The van der Waals surface area contributed by atoms with E-state index in [-0.39, 0.29) is 28.4 Å². The number of halogens is 7. The van der Waals surface area contributed by atoms with Crippen LogP contribution in [0.1, 0.15) is 68.5 Å². The molecule has 4 rings (SSSR count). The molecule has 0 aliphatic heterocycles. The molecule has 0 atom stereocenters. The molecule has 4 N–H and O–H groups in total. The summed E-state index contributed by atoms with van der Waals surface area (Å²) in [5, 5.41) is 23.6. The van der Waals surface area contributed by atoms with Gasteiger partial charge in [0.25, 0.3) is 11.8 Å². The van der Waals surface area contributed by atoms with Gasteiger partial charge < -0.3 is 20.8 Å². The van der Waals surface area contributed by atoms with Crippen LogP contribution in [0.4, 0.5) is 42.1 Å². The Morgan fingerprint density at radius 1 is 0.511 bits per heavy atom. The van der Waals surface area contributed by atoms with Crippen molar-refractivity contribution in [2.24, 2.45) is 0 Å². The van der Waals surface area contributed by atoms with E-state index < -0.39 is 81.2 Å². The molecule has 0 spiro atoms. The number of ketones is 1. The van der Waals surface area contributed by atoms with Crippen LogP contribution in [0.15, 0.2) is 78.9 Å². The minimum Gasteiger partial charge on any atom is -0.478 e. The van der Waals surface area contributed by atoms with Gasteiger partial charge in [-0.1, -0.05) is 0 Å². The van der Waals surface area contributed by atoms with Gasteiger partial charge in [-0.05, 0) is 78.9 Å². The first-order valence-electron chi connectivity index (χ1n) is 12.8. The maximum absolute atomic E-state index is 14.3. The van der Waals surface area contributed by atoms with Gasteiger partial charge in [0.15, 0.2) is 5.78 Å². The zero-order valence-electron chi connectivity index (χ0n) is 23.1. The van der Waals surface area contributed by atoms with E-state index in [2.05, 4.69) is 10.6 Å². The molecule has 0 bridgehead atoms. The van der Waals surface area contributed by atoms with E-state index in [1.807, 2.05) is 0 Å². The smallest absolute Gasteiger partial charge is 0.416 e. The minimum absolute atomic E-state index is 0.0889. The summed E-state index contributed by atoms with van der Waals surface area (Å²) in [6.45, 7) is 0. The summed E-state index contributed by atoms with van der Waals surface area (Å²) in [6.07, 6.45) is -9.54. The Labute approximate surface area is 258 Å². The number of anilines is 2. The predicted octanol–water partition coefficient (Wildman–Crippen LogP) is 7.00. The lowest BCUT2D eigenvalue weighted by Crippen LogP contribution is -2.18. The second-order valence-electron chi connectivity index (χ2n) is 9.64. The fraction of sp³-hybridized carbons (Fsp3) is 0.0645. The fourth-order valence-electron chi connectivity index (χ4n) is 4.18. The maximum Gasteiger partial charge on any atom is 0.416 e. The van der Waals surface area contributed by atoms with Crippen LogP contribution in [0.5, 0.6) is 0 Å². The summed E-state index contributed by atoms with van der Waals surface area (Å²) in [7, 11) is 0. The van der Waals surface area contributed by atoms with Crippen LogP contribution in [-0.2, 0) is 12.4 Å². The summed E-state index contributed by atoms with van der Waals surface area (Å²) in [4.78, 5) is 62.1. The third-order valence-electron chi connectivity index (χ3n) is 6.54. The first-order chi connectivity index (χ1) is 21.9. The molecule has 0 aromatic heterocycles. The maximum atomic E-state index is 14.3. The van der Waals surface area contributed by atoms with Gasteiger partial charge in [0.05, 0.1) is 39.2 Å². The summed E-state index contributed by atoms with van der Waals surface area (Å²) in [5.41, 5.74) is -6.12. The second-order valence-corrected chi connectivity index (χ2v) is 9.64. The quantitative estimate of drug-likeness (QED) is 0.117. The monoisotopic (exact) mass is 662 g/mol. The summed E-state index contributed by atoms with van der Waals surface area (Å²) < 4.78 is 91.1. The normalized spacial score (nSPS) is 11.5. The van der Waals surface area contributed by atoms with Gasteiger partial charge in [0.1, 0.15) is 5.82 Å². The van der Waals surface area contributed by atoms with Crippen LogP contribution in [0.2, 0.25) is 0 Å². The van der Waals surface area contributed by atoms with E-state index in [1.165, 1.54) is 0 Å². The SMILES string of the molecule is O=C(Nc1ccc(C(=O)c2ccc(NC(=O)c3ccc(C(F)(F)F)cc3F)c(C(=O)O)c2)cc1C(=O)O)c1ccc(C(F)(F)F)cc1. The molecule has 0 aliphatic rings. The van der Waals surface area contributed by atoms with E-state index in [1.54, 1.807) is 0 Å². The van der Waals surface area contributed by atoms with Crippen LogP contribution in [0.3, 0.4) is 0 Å². The molecule has 242 valence electrons. The number of amides is 2. The molecule has 2 amide bonds. The first-order valence-corrected chi connectivity index (χ1v) is 12.8. The Balaban J connectivity index is 1.58. The van der Waals surface area contributed by atoms with Crippen molar-refractivity contribution in [3.05, 3.63) is 129 Å². The average molecular weight is 662 g/mol. The Hall–Kier alpha value is -6.06. The molecule has 0 aliphatic carbocycles. The van der Waals surface area contributed by atoms with Crippen molar-refractivity contribution in [1.82, 2.24) is 0 Å². The number of carboxylic acids is 2. The molecule has 0 saturated heterocycles. The molecular formula is C31H17F7N2O7. The number of alkyl halides is 6. The van der Waals surface area contributed by atoms with Gasteiger partial charge in [0, 0.05) is 16.7 Å². The van der Waals surface area contributed by atoms with Crippen LogP contribution < -0.4 is 10.6 Å². The van der Waals surface area contributed by atoms with Crippen LogP contribution >= 0.6 is 0 Å². The molecule has 16 heteroatoms. The molecule has 0 radical (unpaired) electrons. The van der Waals surface area contributed by atoms with Crippen molar-refractivity contribution in [3.8, 4) is 0 Å². The molecule has 0 unspecified atom stereocenters.